The number of nitrogens with one attached hydrogen (secondary N) is 2. The van der Waals surface area contributed by atoms with Crippen molar-refractivity contribution in [2.24, 2.45) is 0 Å². The van der Waals surface area contributed by atoms with Crippen molar-refractivity contribution >= 4 is 26.0 Å². The van der Waals surface area contributed by atoms with Gasteiger partial charge in [-0.1, -0.05) is 22.0 Å². The molecule has 0 atom stereocenters. The Labute approximate surface area is 128 Å². The predicted molar refractivity (Wildman–Crippen MR) is 83.4 cm³/mol. The molecule has 2 rings (SSSR count). The SMILES string of the molecule is Cc1ccc(S(=O)(=O)NCCN2CCNCC2)cc1Br. The van der Waals surface area contributed by atoms with E-state index in [1.54, 1.807) is 18.2 Å². The van der Waals surface area contributed by atoms with Crippen LogP contribution in [0.3, 0.4) is 0 Å². The van der Waals surface area contributed by atoms with E-state index in [2.05, 4.69) is 30.9 Å². The van der Waals surface area contributed by atoms with Gasteiger partial charge in [-0.15, -0.1) is 0 Å². The summed E-state index contributed by atoms with van der Waals surface area (Å²) in [5, 5.41) is 3.27. The van der Waals surface area contributed by atoms with Crippen molar-refractivity contribution in [2.45, 2.75) is 11.8 Å². The fourth-order valence-electron chi connectivity index (χ4n) is 2.10. The highest BCUT2D eigenvalue weighted by Gasteiger charge is 2.15. The molecule has 1 aromatic carbocycles. The van der Waals surface area contributed by atoms with Crippen LogP contribution in [-0.2, 0) is 10.0 Å². The Kier molecular flexibility index (Phi) is 5.57. The average Bonchev–Trinajstić information content (AvgIpc) is 2.43. The number of piperazine rings is 1. The molecule has 1 aliphatic rings. The summed E-state index contributed by atoms with van der Waals surface area (Å²) < 4.78 is 27.8. The van der Waals surface area contributed by atoms with Crippen LogP contribution < -0.4 is 10.0 Å². The van der Waals surface area contributed by atoms with Gasteiger partial charge < -0.3 is 5.32 Å². The van der Waals surface area contributed by atoms with Gasteiger partial charge in [0.25, 0.3) is 0 Å². The fourth-order valence-corrected chi connectivity index (χ4v) is 3.67. The highest BCUT2D eigenvalue weighted by atomic mass is 79.9. The normalized spacial score (nSPS) is 17.3. The van der Waals surface area contributed by atoms with Crippen molar-refractivity contribution in [3.63, 3.8) is 0 Å². The Balaban J connectivity index is 1.91. The third kappa shape index (κ3) is 4.26. The lowest BCUT2D eigenvalue weighted by Gasteiger charge is -2.27. The molecular weight excluding hydrogens is 342 g/mol. The zero-order valence-corrected chi connectivity index (χ0v) is 13.9. The van der Waals surface area contributed by atoms with Gasteiger partial charge in [-0.25, -0.2) is 13.1 Å². The Bertz CT molecular complexity index is 557. The van der Waals surface area contributed by atoms with Crippen molar-refractivity contribution in [1.29, 1.82) is 0 Å². The van der Waals surface area contributed by atoms with Crippen molar-refractivity contribution in [1.82, 2.24) is 14.9 Å². The molecule has 20 heavy (non-hydrogen) atoms. The second-order valence-electron chi connectivity index (χ2n) is 4.90. The minimum atomic E-state index is -3.42. The van der Waals surface area contributed by atoms with Crippen molar-refractivity contribution in [2.75, 3.05) is 39.3 Å². The molecule has 5 nitrogen and oxygen atoms in total. The molecule has 1 heterocycles. The summed E-state index contributed by atoms with van der Waals surface area (Å²) in [4.78, 5) is 2.56. The molecule has 0 aromatic heterocycles. The molecular formula is C13H20BrN3O2S. The molecule has 112 valence electrons. The van der Waals surface area contributed by atoms with E-state index >= 15 is 0 Å². The van der Waals surface area contributed by atoms with Gasteiger partial charge in [0, 0.05) is 43.7 Å². The predicted octanol–water partition coefficient (Wildman–Crippen LogP) is 0.941. The zero-order chi connectivity index (χ0) is 14.6. The second kappa shape index (κ2) is 7.00. The maximum Gasteiger partial charge on any atom is 0.240 e. The number of benzene rings is 1. The van der Waals surface area contributed by atoms with Crippen molar-refractivity contribution < 1.29 is 8.42 Å². The number of aryl methyl sites for hydroxylation is 1. The fraction of sp³-hybridized carbons (Fsp3) is 0.538. The third-order valence-electron chi connectivity index (χ3n) is 3.38. The van der Waals surface area contributed by atoms with Crippen LogP contribution in [0, 0.1) is 6.92 Å². The maximum atomic E-state index is 12.2. The number of hydrogen-bond donors (Lipinski definition) is 2. The number of rotatable bonds is 5. The maximum absolute atomic E-state index is 12.2. The molecule has 1 fully saturated rings. The Morgan fingerprint density at radius 3 is 2.70 bits per heavy atom. The summed E-state index contributed by atoms with van der Waals surface area (Å²) in [6.07, 6.45) is 0. The summed E-state index contributed by atoms with van der Waals surface area (Å²) in [5.41, 5.74) is 1.02. The van der Waals surface area contributed by atoms with Crippen LogP contribution in [0.4, 0.5) is 0 Å². The minimum absolute atomic E-state index is 0.301. The third-order valence-corrected chi connectivity index (χ3v) is 5.70. The summed E-state index contributed by atoms with van der Waals surface area (Å²) in [6.45, 7) is 6.99. The topological polar surface area (TPSA) is 61.4 Å². The van der Waals surface area contributed by atoms with Crippen LogP contribution in [0.2, 0.25) is 0 Å². The smallest absolute Gasteiger partial charge is 0.240 e. The summed E-state index contributed by atoms with van der Waals surface area (Å²) in [7, 11) is -3.42. The number of sulfonamides is 1. The van der Waals surface area contributed by atoms with Crippen molar-refractivity contribution in [3.8, 4) is 0 Å². The van der Waals surface area contributed by atoms with Crippen LogP contribution >= 0.6 is 15.9 Å². The van der Waals surface area contributed by atoms with Gasteiger partial charge in [0.2, 0.25) is 10.0 Å². The quantitative estimate of drug-likeness (QED) is 0.819. The molecule has 0 aliphatic carbocycles. The van der Waals surface area contributed by atoms with Gasteiger partial charge in [-0.2, -0.15) is 0 Å². The monoisotopic (exact) mass is 361 g/mol. The first-order chi connectivity index (χ1) is 9.49. The molecule has 1 aliphatic heterocycles. The average molecular weight is 362 g/mol. The van der Waals surface area contributed by atoms with Crippen LogP contribution in [0.15, 0.2) is 27.6 Å². The van der Waals surface area contributed by atoms with Crippen LogP contribution in [0.25, 0.3) is 0 Å². The van der Waals surface area contributed by atoms with E-state index in [0.29, 0.717) is 11.4 Å². The lowest BCUT2D eigenvalue weighted by molar-refractivity contribution is 0.245. The first-order valence-electron chi connectivity index (χ1n) is 6.68. The van der Waals surface area contributed by atoms with Crippen LogP contribution in [-0.4, -0.2) is 52.6 Å². The van der Waals surface area contributed by atoms with Crippen LogP contribution in [0.5, 0.6) is 0 Å². The molecule has 0 saturated carbocycles. The Morgan fingerprint density at radius 2 is 2.05 bits per heavy atom. The highest BCUT2D eigenvalue weighted by molar-refractivity contribution is 9.10. The van der Waals surface area contributed by atoms with E-state index in [9.17, 15) is 8.42 Å². The van der Waals surface area contributed by atoms with Gasteiger partial charge in [0.15, 0.2) is 0 Å². The second-order valence-corrected chi connectivity index (χ2v) is 7.52. The molecule has 0 amide bonds. The zero-order valence-electron chi connectivity index (χ0n) is 11.5. The Hall–Kier alpha value is -0.470. The van der Waals surface area contributed by atoms with Gasteiger partial charge in [-0.05, 0) is 24.6 Å². The van der Waals surface area contributed by atoms with E-state index < -0.39 is 10.0 Å². The van der Waals surface area contributed by atoms with E-state index in [1.165, 1.54) is 0 Å². The van der Waals surface area contributed by atoms with Gasteiger partial charge in [0.05, 0.1) is 4.90 Å². The van der Waals surface area contributed by atoms with E-state index in [0.717, 1.165) is 42.8 Å². The number of halogens is 1. The lowest BCUT2D eigenvalue weighted by Crippen LogP contribution is -2.46. The molecule has 2 N–H and O–H groups in total. The van der Waals surface area contributed by atoms with E-state index in [1.807, 2.05) is 6.92 Å². The lowest BCUT2D eigenvalue weighted by atomic mass is 10.2. The van der Waals surface area contributed by atoms with E-state index in [4.69, 9.17) is 0 Å². The van der Waals surface area contributed by atoms with Gasteiger partial charge in [-0.3, -0.25) is 4.90 Å². The summed E-state index contributed by atoms with van der Waals surface area (Å²) >= 11 is 3.36. The largest absolute Gasteiger partial charge is 0.314 e. The molecule has 1 aromatic rings. The van der Waals surface area contributed by atoms with Crippen LogP contribution in [0.1, 0.15) is 5.56 Å². The molecule has 0 unspecified atom stereocenters. The molecule has 0 spiro atoms. The highest BCUT2D eigenvalue weighted by Crippen LogP contribution is 2.20. The molecule has 0 radical (unpaired) electrons. The first kappa shape index (κ1) is 15.9. The van der Waals surface area contributed by atoms with Gasteiger partial charge >= 0.3 is 0 Å². The molecule has 1 saturated heterocycles. The summed E-state index contributed by atoms with van der Waals surface area (Å²) in [5.74, 6) is 0. The van der Waals surface area contributed by atoms with Crippen molar-refractivity contribution in [3.05, 3.63) is 28.2 Å². The number of hydrogen-bond acceptors (Lipinski definition) is 4. The number of nitrogens with zero attached hydrogens (tertiary/aromatic N) is 1. The summed E-state index contributed by atoms with van der Waals surface area (Å²) in [6, 6.07) is 5.07. The van der Waals surface area contributed by atoms with Gasteiger partial charge in [0.1, 0.15) is 0 Å². The van der Waals surface area contributed by atoms with E-state index in [-0.39, 0.29) is 0 Å². The Morgan fingerprint density at radius 1 is 1.35 bits per heavy atom. The standard InChI is InChI=1S/C13H20BrN3O2S/c1-11-2-3-12(10-13(11)14)20(18,19)16-6-9-17-7-4-15-5-8-17/h2-3,10,15-16H,4-9H2,1H3. The molecule has 0 bridgehead atoms. The minimum Gasteiger partial charge on any atom is -0.314 e. The molecule has 7 heteroatoms. The first-order valence-corrected chi connectivity index (χ1v) is 8.95.